The van der Waals surface area contributed by atoms with E-state index in [1.807, 2.05) is 36.4 Å². The summed E-state index contributed by atoms with van der Waals surface area (Å²) < 4.78 is 26.8. The molecule has 146 valence electrons. The number of piperazine rings is 1. The molecule has 8 heteroatoms. The van der Waals surface area contributed by atoms with Gasteiger partial charge in [-0.05, 0) is 36.2 Å². The molecular formula is C20H22N4O3S. The van der Waals surface area contributed by atoms with Gasteiger partial charge in [-0.1, -0.05) is 30.3 Å². The molecule has 2 aromatic rings. The molecule has 0 bridgehead atoms. The van der Waals surface area contributed by atoms with Crippen LogP contribution in [0, 0.1) is 11.3 Å². The van der Waals surface area contributed by atoms with Gasteiger partial charge in [-0.15, -0.1) is 0 Å². The number of carbonyl (C=O) groups is 1. The Kier molecular flexibility index (Phi) is 6.29. The van der Waals surface area contributed by atoms with E-state index in [1.54, 1.807) is 4.90 Å². The zero-order chi connectivity index (χ0) is 20.0. The number of sulfonamides is 1. The number of hydrogen-bond donors (Lipinski definition) is 1. The molecular weight excluding hydrogens is 376 g/mol. The van der Waals surface area contributed by atoms with Crippen molar-refractivity contribution in [2.75, 3.05) is 32.7 Å². The van der Waals surface area contributed by atoms with Crippen LogP contribution >= 0.6 is 0 Å². The standard InChI is InChI=1S/C20H22N4O3S/c21-16-18-6-8-19(9-7-18)28(26,27)24-14-12-23(13-15-24)20(25)22-11-10-17-4-2-1-3-5-17/h1-9H,10-15H2,(H,22,25). The normalized spacial score (nSPS) is 15.0. The molecule has 0 aliphatic carbocycles. The molecule has 0 unspecified atom stereocenters. The molecule has 1 saturated heterocycles. The van der Waals surface area contributed by atoms with Gasteiger partial charge in [0.25, 0.3) is 0 Å². The lowest BCUT2D eigenvalue weighted by molar-refractivity contribution is 0.172. The highest BCUT2D eigenvalue weighted by Crippen LogP contribution is 2.18. The van der Waals surface area contributed by atoms with E-state index in [-0.39, 0.29) is 24.0 Å². The Hall–Kier alpha value is -2.89. The first-order valence-electron chi connectivity index (χ1n) is 9.08. The summed E-state index contributed by atoms with van der Waals surface area (Å²) in [6.45, 7) is 1.70. The van der Waals surface area contributed by atoms with E-state index in [4.69, 9.17) is 5.26 Å². The second-order valence-corrected chi connectivity index (χ2v) is 8.43. The third-order valence-corrected chi connectivity index (χ3v) is 6.59. The van der Waals surface area contributed by atoms with E-state index in [0.717, 1.165) is 12.0 Å². The number of carbonyl (C=O) groups excluding carboxylic acids is 1. The molecule has 1 fully saturated rings. The van der Waals surface area contributed by atoms with Crippen molar-refractivity contribution in [2.24, 2.45) is 0 Å². The van der Waals surface area contributed by atoms with Crippen LogP contribution in [-0.4, -0.2) is 56.4 Å². The molecule has 1 heterocycles. The average Bonchev–Trinajstić information content (AvgIpc) is 2.74. The molecule has 0 spiro atoms. The molecule has 0 radical (unpaired) electrons. The fourth-order valence-corrected chi connectivity index (χ4v) is 4.47. The first-order valence-corrected chi connectivity index (χ1v) is 10.5. The minimum atomic E-state index is -3.62. The van der Waals surface area contributed by atoms with Gasteiger partial charge in [0.15, 0.2) is 0 Å². The summed E-state index contributed by atoms with van der Waals surface area (Å²) in [4.78, 5) is 14.1. The summed E-state index contributed by atoms with van der Waals surface area (Å²) in [6, 6.07) is 17.6. The SMILES string of the molecule is N#Cc1ccc(S(=O)(=O)N2CCN(C(=O)NCCc3ccccc3)CC2)cc1. The molecule has 28 heavy (non-hydrogen) atoms. The number of nitrogens with one attached hydrogen (secondary N) is 1. The minimum Gasteiger partial charge on any atom is -0.338 e. The number of nitriles is 1. The van der Waals surface area contributed by atoms with E-state index in [2.05, 4.69) is 5.32 Å². The smallest absolute Gasteiger partial charge is 0.317 e. The number of nitrogens with zero attached hydrogens (tertiary/aromatic N) is 3. The monoisotopic (exact) mass is 398 g/mol. The molecule has 2 aromatic carbocycles. The predicted octanol–water partition coefficient (Wildman–Crippen LogP) is 1.82. The van der Waals surface area contributed by atoms with Crippen LogP contribution in [0.1, 0.15) is 11.1 Å². The average molecular weight is 398 g/mol. The van der Waals surface area contributed by atoms with Gasteiger partial charge in [-0.2, -0.15) is 9.57 Å². The van der Waals surface area contributed by atoms with Gasteiger partial charge in [0.2, 0.25) is 10.0 Å². The van der Waals surface area contributed by atoms with Crippen molar-refractivity contribution in [1.29, 1.82) is 5.26 Å². The van der Waals surface area contributed by atoms with Crippen molar-refractivity contribution < 1.29 is 13.2 Å². The fourth-order valence-electron chi connectivity index (χ4n) is 3.05. The maximum atomic E-state index is 12.7. The zero-order valence-electron chi connectivity index (χ0n) is 15.4. The number of rotatable bonds is 5. The maximum Gasteiger partial charge on any atom is 0.317 e. The van der Waals surface area contributed by atoms with Gasteiger partial charge < -0.3 is 10.2 Å². The van der Waals surface area contributed by atoms with E-state index in [1.165, 1.54) is 28.6 Å². The Morgan fingerprint density at radius 1 is 1.00 bits per heavy atom. The van der Waals surface area contributed by atoms with E-state index in [0.29, 0.717) is 25.2 Å². The van der Waals surface area contributed by atoms with Crippen molar-refractivity contribution in [2.45, 2.75) is 11.3 Å². The van der Waals surface area contributed by atoms with Gasteiger partial charge in [0.1, 0.15) is 0 Å². The highest BCUT2D eigenvalue weighted by atomic mass is 32.2. The minimum absolute atomic E-state index is 0.160. The lowest BCUT2D eigenvalue weighted by atomic mass is 10.1. The van der Waals surface area contributed by atoms with Crippen molar-refractivity contribution in [1.82, 2.24) is 14.5 Å². The quantitative estimate of drug-likeness (QED) is 0.831. The van der Waals surface area contributed by atoms with Crippen molar-refractivity contribution in [3.8, 4) is 6.07 Å². The molecule has 0 atom stereocenters. The lowest BCUT2D eigenvalue weighted by Crippen LogP contribution is -2.53. The predicted molar refractivity (Wildman–Crippen MR) is 105 cm³/mol. The Bertz CT molecular complexity index is 945. The highest BCUT2D eigenvalue weighted by molar-refractivity contribution is 7.89. The van der Waals surface area contributed by atoms with E-state index < -0.39 is 10.0 Å². The van der Waals surface area contributed by atoms with Gasteiger partial charge >= 0.3 is 6.03 Å². The van der Waals surface area contributed by atoms with Crippen molar-refractivity contribution >= 4 is 16.1 Å². The maximum absolute atomic E-state index is 12.7. The number of hydrogen-bond acceptors (Lipinski definition) is 4. The lowest BCUT2D eigenvalue weighted by Gasteiger charge is -2.34. The van der Waals surface area contributed by atoms with Crippen molar-refractivity contribution in [3.05, 3.63) is 65.7 Å². The molecule has 0 saturated carbocycles. The van der Waals surface area contributed by atoms with Crippen LogP contribution in [0.3, 0.4) is 0 Å². The highest BCUT2D eigenvalue weighted by Gasteiger charge is 2.30. The summed E-state index contributed by atoms with van der Waals surface area (Å²) >= 11 is 0. The van der Waals surface area contributed by atoms with Gasteiger partial charge in [-0.25, -0.2) is 13.2 Å². The molecule has 2 amide bonds. The molecule has 1 aliphatic heterocycles. The molecule has 1 aliphatic rings. The Morgan fingerprint density at radius 2 is 1.64 bits per heavy atom. The molecule has 3 rings (SSSR count). The van der Waals surface area contributed by atoms with Crippen molar-refractivity contribution in [3.63, 3.8) is 0 Å². The molecule has 7 nitrogen and oxygen atoms in total. The second kappa shape index (κ2) is 8.87. The second-order valence-electron chi connectivity index (χ2n) is 6.49. The number of urea groups is 1. The van der Waals surface area contributed by atoms with Crippen LogP contribution in [0.15, 0.2) is 59.5 Å². The van der Waals surface area contributed by atoms with Crippen LogP contribution in [0.25, 0.3) is 0 Å². The van der Waals surface area contributed by atoms with Crippen LogP contribution in [-0.2, 0) is 16.4 Å². The summed E-state index contributed by atoms with van der Waals surface area (Å²) in [5.41, 5.74) is 1.57. The topological polar surface area (TPSA) is 93.5 Å². The zero-order valence-corrected chi connectivity index (χ0v) is 16.2. The Balaban J connectivity index is 1.50. The first-order chi connectivity index (χ1) is 13.5. The Labute approximate surface area is 165 Å². The summed E-state index contributed by atoms with van der Waals surface area (Å²) in [5.74, 6) is 0. The fraction of sp³-hybridized carbons (Fsp3) is 0.300. The van der Waals surface area contributed by atoms with Crippen LogP contribution in [0.4, 0.5) is 4.79 Å². The largest absolute Gasteiger partial charge is 0.338 e. The van der Waals surface area contributed by atoms with E-state index >= 15 is 0 Å². The van der Waals surface area contributed by atoms with Gasteiger partial charge in [0, 0.05) is 32.7 Å². The molecule has 1 N–H and O–H groups in total. The van der Waals surface area contributed by atoms with Crippen LogP contribution in [0.5, 0.6) is 0 Å². The van der Waals surface area contributed by atoms with Gasteiger partial charge in [-0.3, -0.25) is 0 Å². The number of amides is 2. The summed E-state index contributed by atoms with van der Waals surface area (Å²) in [5, 5.41) is 11.7. The summed E-state index contributed by atoms with van der Waals surface area (Å²) in [7, 11) is -3.62. The van der Waals surface area contributed by atoms with Crippen LogP contribution < -0.4 is 5.32 Å². The first kappa shape index (κ1) is 19.9. The molecule has 0 aromatic heterocycles. The number of benzene rings is 2. The third kappa shape index (κ3) is 4.68. The third-order valence-electron chi connectivity index (χ3n) is 4.68. The van der Waals surface area contributed by atoms with Gasteiger partial charge in [0.05, 0.1) is 16.5 Å². The van der Waals surface area contributed by atoms with E-state index in [9.17, 15) is 13.2 Å². The Morgan fingerprint density at radius 3 is 2.25 bits per heavy atom. The summed E-state index contributed by atoms with van der Waals surface area (Å²) in [6.07, 6.45) is 0.750. The van der Waals surface area contributed by atoms with Crippen LogP contribution in [0.2, 0.25) is 0 Å².